The van der Waals surface area contributed by atoms with Crippen LogP contribution < -0.4 is 5.73 Å². The summed E-state index contributed by atoms with van der Waals surface area (Å²) in [7, 11) is -3.69. The number of halogens is 2. The largest absolute Gasteiger partial charge is 0.326 e. The van der Waals surface area contributed by atoms with Gasteiger partial charge in [0.15, 0.2) is 0 Å². The molecule has 112 valence electrons. The van der Waals surface area contributed by atoms with E-state index in [4.69, 9.17) is 28.9 Å². The minimum Gasteiger partial charge on any atom is -0.326 e. The maximum Gasteiger partial charge on any atom is 0.244 e. The number of hydrogen-bond acceptors (Lipinski definition) is 3. The molecule has 0 radical (unpaired) electrons. The fourth-order valence-corrected chi connectivity index (χ4v) is 4.12. The number of nitrogens with two attached hydrogens (primary N) is 1. The topological polar surface area (TPSA) is 63.4 Å². The number of benzene rings is 1. The molecule has 0 amide bonds. The zero-order valence-electron chi connectivity index (χ0n) is 11.3. The van der Waals surface area contributed by atoms with Crippen LogP contribution in [0.25, 0.3) is 0 Å². The first-order valence-electron chi connectivity index (χ1n) is 6.17. The Labute approximate surface area is 130 Å². The van der Waals surface area contributed by atoms with Crippen LogP contribution in [-0.2, 0) is 16.6 Å². The summed E-state index contributed by atoms with van der Waals surface area (Å²) >= 11 is 12.0. The average Bonchev–Trinajstić information content (AvgIpc) is 2.38. The molecule has 0 saturated heterocycles. The van der Waals surface area contributed by atoms with Crippen LogP contribution in [0.15, 0.2) is 29.7 Å². The Morgan fingerprint density at radius 1 is 1.35 bits per heavy atom. The normalized spacial score (nSPS) is 11.8. The van der Waals surface area contributed by atoms with Gasteiger partial charge in [0.25, 0.3) is 0 Å². The maximum absolute atomic E-state index is 12.6. The van der Waals surface area contributed by atoms with Gasteiger partial charge >= 0.3 is 0 Å². The molecule has 1 aromatic carbocycles. The predicted molar refractivity (Wildman–Crippen MR) is 83.6 cm³/mol. The predicted octanol–water partition coefficient (Wildman–Crippen LogP) is 3.04. The van der Waals surface area contributed by atoms with Crippen molar-refractivity contribution in [3.63, 3.8) is 0 Å². The first-order valence-corrected chi connectivity index (χ1v) is 8.37. The van der Waals surface area contributed by atoms with E-state index in [9.17, 15) is 8.42 Å². The molecular formula is C13H18Cl2N2O2S. The molecule has 2 N–H and O–H groups in total. The summed E-state index contributed by atoms with van der Waals surface area (Å²) < 4.78 is 26.6. The molecule has 0 unspecified atom stereocenters. The van der Waals surface area contributed by atoms with Gasteiger partial charge < -0.3 is 5.73 Å². The number of nitrogens with zero attached hydrogens (tertiary/aromatic N) is 1. The summed E-state index contributed by atoms with van der Waals surface area (Å²) in [6.45, 7) is 6.25. The van der Waals surface area contributed by atoms with Crippen molar-refractivity contribution in [3.8, 4) is 0 Å². The van der Waals surface area contributed by atoms with E-state index in [1.54, 1.807) is 6.08 Å². The Bertz CT molecular complexity index is 588. The van der Waals surface area contributed by atoms with Gasteiger partial charge in [-0.25, -0.2) is 8.42 Å². The smallest absolute Gasteiger partial charge is 0.244 e. The van der Waals surface area contributed by atoms with E-state index >= 15 is 0 Å². The van der Waals surface area contributed by atoms with Crippen LogP contribution in [0.1, 0.15) is 18.9 Å². The Morgan fingerprint density at radius 2 is 2.00 bits per heavy atom. The highest BCUT2D eigenvalue weighted by Crippen LogP contribution is 2.30. The summed E-state index contributed by atoms with van der Waals surface area (Å²) in [4.78, 5) is 0.0271. The van der Waals surface area contributed by atoms with E-state index in [1.807, 2.05) is 6.92 Å². The first-order chi connectivity index (χ1) is 9.38. The van der Waals surface area contributed by atoms with Gasteiger partial charge in [-0.1, -0.05) is 36.2 Å². The van der Waals surface area contributed by atoms with Crippen molar-refractivity contribution in [2.24, 2.45) is 5.73 Å². The van der Waals surface area contributed by atoms with Gasteiger partial charge in [0, 0.05) is 24.7 Å². The summed E-state index contributed by atoms with van der Waals surface area (Å²) in [6.07, 6.45) is 2.24. The highest BCUT2D eigenvalue weighted by molar-refractivity contribution is 7.89. The molecule has 1 aromatic rings. The summed E-state index contributed by atoms with van der Waals surface area (Å²) in [5.41, 5.74) is 6.10. The summed E-state index contributed by atoms with van der Waals surface area (Å²) in [5.74, 6) is 0. The maximum atomic E-state index is 12.6. The minimum absolute atomic E-state index is 0.0271. The molecule has 1 rings (SSSR count). The fraction of sp³-hybridized carbons (Fsp3) is 0.385. The van der Waals surface area contributed by atoms with Crippen LogP contribution >= 0.6 is 23.2 Å². The highest BCUT2D eigenvalue weighted by Gasteiger charge is 2.26. The van der Waals surface area contributed by atoms with Gasteiger partial charge in [0.2, 0.25) is 10.0 Å². The van der Waals surface area contributed by atoms with Crippen molar-refractivity contribution in [1.82, 2.24) is 4.31 Å². The zero-order chi connectivity index (χ0) is 15.3. The molecule has 0 saturated carbocycles. The third-order valence-corrected chi connectivity index (χ3v) is 5.43. The molecule has 20 heavy (non-hydrogen) atoms. The molecule has 0 aliphatic rings. The second-order valence-electron chi connectivity index (χ2n) is 4.23. The Kier molecular flexibility index (Phi) is 6.48. The third kappa shape index (κ3) is 3.74. The first kappa shape index (κ1) is 17.5. The van der Waals surface area contributed by atoms with Crippen LogP contribution in [0.3, 0.4) is 0 Å². The quantitative estimate of drug-likeness (QED) is 0.778. The van der Waals surface area contributed by atoms with Crippen LogP contribution in [0, 0.1) is 0 Å². The number of hydrogen-bond donors (Lipinski definition) is 1. The molecule has 7 heteroatoms. The van der Waals surface area contributed by atoms with E-state index in [0.717, 1.165) is 0 Å². The molecule has 0 aliphatic carbocycles. The van der Waals surface area contributed by atoms with Gasteiger partial charge in [-0.3, -0.25) is 0 Å². The Hall–Kier alpha value is -0.590. The third-order valence-electron chi connectivity index (χ3n) is 2.74. The molecule has 0 spiro atoms. The molecule has 0 atom stereocenters. The van der Waals surface area contributed by atoms with Crippen molar-refractivity contribution in [1.29, 1.82) is 0 Å². The zero-order valence-corrected chi connectivity index (χ0v) is 13.6. The van der Waals surface area contributed by atoms with E-state index in [0.29, 0.717) is 23.6 Å². The van der Waals surface area contributed by atoms with Crippen molar-refractivity contribution < 1.29 is 8.42 Å². The standard InChI is InChI=1S/C13H18Cl2N2O2S/c1-3-5-17(6-4-2)20(18,19)13-7-10(9-16)11(14)8-12(13)15/h3,7-8H,1,4-6,9,16H2,2H3. The van der Waals surface area contributed by atoms with Crippen LogP contribution in [-0.4, -0.2) is 25.8 Å². The molecule has 0 aromatic heterocycles. The van der Waals surface area contributed by atoms with Crippen molar-refractivity contribution in [3.05, 3.63) is 40.4 Å². The van der Waals surface area contributed by atoms with Crippen molar-refractivity contribution in [2.75, 3.05) is 13.1 Å². The van der Waals surface area contributed by atoms with Crippen LogP contribution in [0.5, 0.6) is 0 Å². The molecule has 0 bridgehead atoms. The SMILES string of the molecule is C=CCN(CCC)S(=O)(=O)c1cc(CN)c(Cl)cc1Cl. The summed E-state index contributed by atoms with van der Waals surface area (Å²) in [5, 5.41) is 0.458. The van der Waals surface area contributed by atoms with E-state index < -0.39 is 10.0 Å². The number of rotatable bonds is 7. The van der Waals surface area contributed by atoms with Gasteiger partial charge in [-0.15, -0.1) is 6.58 Å². The molecule has 0 aliphatic heterocycles. The second kappa shape index (κ2) is 7.43. The lowest BCUT2D eigenvalue weighted by Gasteiger charge is -2.21. The Balaban J connectivity index is 3.36. The van der Waals surface area contributed by atoms with Crippen LogP contribution in [0.2, 0.25) is 10.0 Å². The van der Waals surface area contributed by atoms with E-state index in [-0.39, 0.29) is 23.0 Å². The van der Waals surface area contributed by atoms with E-state index in [1.165, 1.54) is 16.4 Å². The second-order valence-corrected chi connectivity index (χ2v) is 6.95. The van der Waals surface area contributed by atoms with E-state index in [2.05, 4.69) is 6.58 Å². The molecule has 0 fully saturated rings. The van der Waals surface area contributed by atoms with Gasteiger partial charge in [0.05, 0.1) is 5.02 Å². The van der Waals surface area contributed by atoms with Gasteiger partial charge in [0.1, 0.15) is 4.90 Å². The Morgan fingerprint density at radius 3 is 2.50 bits per heavy atom. The van der Waals surface area contributed by atoms with Gasteiger partial charge in [-0.2, -0.15) is 4.31 Å². The molecular weight excluding hydrogens is 319 g/mol. The lowest BCUT2D eigenvalue weighted by Crippen LogP contribution is -2.32. The molecule has 0 heterocycles. The summed E-state index contributed by atoms with van der Waals surface area (Å²) in [6, 6.07) is 2.85. The van der Waals surface area contributed by atoms with Crippen LogP contribution in [0.4, 0.5) is 0 Å². The fourth-order valence-electron chi connectivity index (χ4n) is 1.77. The lowest BCUT2D eigenvalue weighted by molar-refractivity contribution is 0.441. The minimum atomic E-state index is -3.69. The average molecular weight is 337 g/mol. The molecule has 4 nitrogen and oxygen atoms in total. The number of sulfonamides is 1. The lowest BCUT2D eigenvalue weighted by atomic mass is 10.2. The highest BCUT2D eigenvalue weighted by atomic mass is 35.5. The monoisotopic (exact) mass is 336 g/mol. The van der Waals surface area contributed by atoms with Crippen molar-refractivity contribution >= 4 is 33.2 Å². The van der Waals surface area contributed by atoms with Gasteiger partial charge in [-0.05, 0) is 24.1 Å². The van der Waals surface area contributed by atoms with Crippen molar-refractivity contribution in [2.45, 2.75) is 24.8 Å².